The second kappa shape index (κ2) is 5.97. The van der Waals surface area contributed by atoms with Crippen molar-refractivity contribution in [3.63, 3.8) is 0 Å². The Morgan fingerprint density at radius 3 is 2.79 bits per heavy atom. The van der Waals surface area contributed by atoms with Crippen molar-refractivity contribution in [1.29, 1.82) is 0 Å². The van der Waals surface area contributed by atoms with E-state index in [0.717, 1.165) is 31.7 Å². The van der Waals surface area contributed by atoms with Crippen molar-refractivity contribution in [2.45, 2.75) is 37.8 Å². The predicted octanol–water partition coefficient (Wildman–Crippen LogP) is 2.64. The number of hydrogen-bond acceptors (Lipinski definition) is 4. The van der Waals surface area contributed by atoms with Gasteiger partial charge in [-0.15, -0.1) is 0 Å². The summed E-state index contributed by atoms with van der Waals surface area (Å²) in [5.41, 5.74) is -0.265. The normalized spacial score (nSPS) is 23.1. The Morgan fingerprint density at radius 2 is 2.16 bits per heavy atom. The Bertz CT molecular complexity index is 467. The number of ether oxygens (including phenoxy) is 1. The Kier molecular flexibility index (Phi) is 4.31. The number of benzene rings is 1. The first-order valence-corrected chi connectivity index (χ1v) is 6.39. The standard InChI is InChI=1S/C13H17FN2O3/c1-15-11-4-2-3-5-13(11)19-12-7-6-9(16(17)18)8-10(12)14/h6-8,11,13,15H,2-5H2,1H3. The Balaban J connectivity index is 2.11. The van der Waals surface area contributed by atoms with Crippen molar-refractivity contribution >= 4 is 5.69 Å². The minimum absolute atomic E-state index is 0.0813. The average Bonchev–Trinajstić information content (AvgIpc) is 2.41. The lowest BCUT2D eigenvalue weighted by molar-refractivity contribution is -0.385. The molecule has 0 spiro atoms. The van der Waals surface area contributed by atoms with Gasteiger partial charge in [0.05, 0.1) is 11.0 Å². The molecule has 0 amide bonds. The highest BCUT2D eigenvalue weighted by atomic mass is 19.1. The molecule has 5 nitrogen and oxygen atoms in total. The van der Waals surface area contributed by atoms with E-state index in [0.29, 0.717) is 0 Å². The topological polar surface area (TPSA) is 64.4 Å². The molecular weight excluding hydrogens is 251 g/mol. The lowest BCUT2D eigenvalue weighted by Crippen LogP contribution is -2.43. The molecule has 1 saturated carbocycles. The van der Waals surface area contributed by atoms with Gasteiger partial charge < -0.3 is 10.1 Å². The molecule has 1 fully saturated rings. The lowest BCUT2D eigenvalue weighted by Gasteiger charge is -2.31. The Hall–Kier alpha value is -1.69. The van der Waals surface area contributed by atoms with Crippen molar-refractivity contribution < 1.29 is 14.1 Å². The van der Waals surface area contributed by atoms with E-state index in [9.17, 15) is 14.5 Å². The van der Waals surface area contributed by atoms with Gasteiger partial charge in [0.15, 0.2) is 11.6 Å². The first kappa shape index (κ1) is 13.7. The van der Waals surface area contributed by atoms with E-state index in [1.807, 2.05) is 7.05 Å². The molecule has 6 heteroatoms. The second-order valence-electron chi connectivity index (χ2n) is 4.71. The zero-order valence-corrected chi connectivity index (χ0v) is 10.8. The molecular formula is C13H17FN2O3. The maximum atomic E-state index is 13.7. The van der Waals surface area contributed by atoms with E-state index in [1.54, 1.807) is 0 Å². The van der Waals surface area contributed by atoms with Crippen LogP contribution in [0.2, 0.25) is 0 Å². The van der Waals surface area contributed by atoms with Crippen molar-refractivity contribution in [1.82, 2.24) is 5.32 Å². The van der Waals surface area contributed by atoms with Crippen molar-refractivity contribution in [2.24, 2.45) is 0 Å². The highest BCUT2D eigenvalue weighted by molar-refractivity contribution is 5.37. The molecule has 0 radical (unpaired) electrons. The summed E-state index contributed by atoms with van der Waals surface area (Å²) in [4.78, 5) is 9.92. The SMILES string of the molecule is CNC1CCCCC1Oc1ccc([N+](=O)[O-])cc1F. The van der Waals surface area contributed by atoms with Gasteiger partial charge in [-0.05, 0) is 32.4 Å². The van der Waals surface area contributed by atoms with Gasteiger partial charge in [-0.1, -0.05) is 6.42 Å². The van der Waals surface area contributed by atoms with Gasteiger partial charge >= 0.3 is 0 Å². The van der Waals surface area contributed by atoms with Crippen LogP contribution < -0.4 is 10.1 Å². The van der Waals surface area contributed by atoms with E-state index in [2.05, 4.69) is 5.32 Å². The van der Waals surface area contributed by atoms with E-state index in [1.165, 1.54) is 12.1 Å². The van der Waals surface area contributed by atoms with Gasteiger partial charge in [0, 0.05) is 12.1 Å². The van der Waals surface area contributed by atoms with Crippen LogP contribution in [0.25, 0.3) is 0 Å². The minimum atomic E-state index is -0.686. The predicted molar refractivity (Wildman–Crippen MR) is 68.8 cm³/mol. The Labute approximate surface area is 110 Å². The van der Waals surface area contributed by atoms with Crippen LogP contribution in [0.1, 0.15) is 25.7 Å². The number of rotatable bonds is 4. The number of hydrogen-bond donors (Lipinski definition) is 1. The monoisotopic (exact) mass is 268 g/mol. The molecule has 2 unspecified atom stereocenters. The second-order valence-corrected chi connectivity index (χ2v) is 4.71. The summed E-state index contributed by atoms with van der Waals surface area (Å²) < 4.78 is 19.4. The maximum absolute atomic E-state index is 13.7. The molecule has 19 heavy (non-hydrogen) atoms. The number of nitro groups is 1. The summed E-state index contributed by atoms with van der Waals surface area (Å²) >= 11 is 0. The number of nitro benzene ring substituents is 1. The van der Waals surface area contributed by atoms with E-state index >= 15 is 0 Å². The smallest absolute Gasteiger partial charge is 0.272 e. The van der Waals surface area contributed by atoms with Crippen molar-refractivity contribution in [2.75, 3.05) is 7.05 Å². The zero-order valence-electron chi connectivity index (χ0n) is 10.8. The fourth-order valence-electron chi connectivity index (χ4n) is 2.43. The number of non-ortho nitro benzene ring substituents is 1. The van der Waals surface area contributed by atoms with Crippen LogP contribution in [0, 0.1) is 15.9 Å². The van der Waals surface area contributed by atoms with Gasteiger partial charge in [0.2, 0.25) is 0 Å². The maximum Gasteiger partial charge on any atom is 0.272 e. The average molecular weight is 268 g/mol. The molecule has 2 rings (SSSR count). The molecule has 0 bridgehead atoms. The quantitative estimate of drug-likeness (QED) is 0.673. The summed E-state index contributed by atoms with van der Waals surface area (Å²) in [6.07, 6.45) is 3.96. The summed E-state index contributed by atoms with van der Waals surface area (Å²) in [5.74, 6) is -0.604. The van der Waals surface area contributed by atoms with Crippen molar-refractivity contribution in [3.8, 4) is 5.75 Å². The van der Waals surface area contributed by atoms with Crippen LogP contribution in [-0.4, -0.2) is 24.1 Å². The van der Waals surface area contributed by atoms with Gasteiger partial charge in [-0.2, -0.15) is 0 Å². The van der Waals surface area contributed by atoms with E-state index in [4.69, 9.17) is 4.74 Å². The summed E-state index contributed by atoms with van der Waals surface area (Å²) in [7, 11) is 1.86. The highest BCUT2D eigenvalue weighted by Gasteiger charge is 2.26. The highest BCUT2D eigenvalue weighted by Crippen LogP contribution is 2.27. The Morgan fingerprint density at radius 1 is 1.42 bits per heavy atom. The number of nitrogens with zero attached hydrogens (tertiary/aromatic N) is 1. The molecule has 0 aromatic heterocycles. The summed E-state index contributed by atoms with van der Waals surface area (Å²) in [5, 5.41) is 13.7. The molecule has 1 aliphatic rings. The first-order chi connectivity index (χ1) is 9.11. The van der Waals surface area contributed by atoms with E-state index < -0.39 is 10.7 Å². The fourth-order valence-corrected chi connectivity index (χ4v) is 2.43. The molecule has 0 saturated heterocycles. The van der Waals surface area contributed by atoms with Crippen LogP contribution in [0.5, 0.6) is 5.75 Å². The van der Waals surface area contributed by atoms with Crippen LogP contribution >= 0.6 is 0 Å². The summed E-state index contributed by atoms with van der Waals surface area (Å²) in [6.45, 7) is 0. The molecule has 1 N–H and O–H groups in total. The minimum Gasteiger partial charge on any atom is -0.486 e. The number of likely N-dealkylation sites (N-methyl/N-ethyl adjacent to an activating group) is 1. The van der Waals surface area contributed by atoms with Crippen LogP contribution in [-0.2, 0) is 0 Å². The van der Waals surface area contributed by atoms with E-state index in [-0.39, 0.29) is 23.6 Å². The molecule has 104 valence electrons. The molecule has 2 atom stereocenters. The van der Waals surface area contributed by atoms with Gasteiger partial charge in [-0.25, -0.2) is 4.39 Å². The molecule has 1 aliphatic carbocycles. The van der Waals surface area contributed by atoms with Gasteiger partial charge in [0.1, 0.15) is 6.10 Å². The first-order valence-electron chi connectivity index (χ1n) is 6.39. The van der Waals surface area contributed by atoms with Crippen LogP contribution in [0.15, 0.2) is 18.2 Å². The molecule has 0 heterocycles. The number of halogens is 1. The van der Waals surface area contributed by atoms with Crippen LogP contribution in [0.3, 0.4) is 0 Å². The third kappa shape index (κ3) is 3.20. The number of nitrogens with one attached hydrogen (secondary N) is 1. The molecule has 1 aromatic carbocycles. The largest absolute Gasteiger partial charge is 0.486 e. The van der Waals surface area contributed by atoms with Crippen LogP contribution in [0.4, 0.5) is 10.1 Å². The lowest BCUT2D eigenvalue weighted by atomic mass is 9.92. The van der Waals surface area contributed by atoms with Gasteiger partial charge in [-0.3, -0.25) is 10.1 Å². The molecule has 1 aromatic rings. The third-order valence-corrected chi connectivity index (χ3v) is 3.48. The van der Waals surface area contributed by atoms with Gasteiger partial charge in [0.25, 0.3) is 5.69 Å². The zero-order chi connectivity index (χ0) is 13.8. The van der Waals surface area contributed by atoms with Crippen molar-refractivity contribution in [3.05, 3.63) is 34.1 Å². The summed E-state index contributed by atoms with van der Waals surface area (Å²) in [6, 6.07) is 3.68. The molecule has 0 aliphatic heterocycles. The fraction of sp³-hybridized carbons (Fsp3) is 0.538. The third-order valence-electron chi connectivity index (χ3n) is 3.48.